The molecule has 1 saturated carbocycles. The molecule has 1 aromatic carbocycles. The molecule has 0 aromatic heterocycles. The summed E-state index contributed by atoms with van der Waals surface area (Å²) in [7, 11) is 0. The van der Waals surface area contributed by atoms with Crippen LogP contribution < -0.4 is 4.74 Å². The summed E-state index contributed by atoms with van der Waals surface area (Å²) in [5, 5.41) is 9.35. The highest BCUT2D eigenvalue weighted by atomic mass is 16.5. The van der Waals surface area contributed by atoms with Crippen LogP contribution in [0.15, 0.2) is 12.1 Å². The van der Waals surface area contributed by atoms with Gasteiger partial charge in [-0.2, -0.15) is 5.26 Å². The van der Waals surface area contributed by atoms with E-state index in [9.17, 15) is 5.26 Å². The maximum absolute atomic E-state index is 9.35. The number of hydrogen-bond acceptors (Lipinski definition) is 2. The van der Waals surface area contributed by atoms with Crippen molar-refractivity contribution in [2.75, 3.05) is 6.61 Å². The average Bonchev–Trinajstić information content (AvgIpc) is 2.77. The Balaban J connectivity index is 2.13. The van der Waals surface area contributed by atoms with Crippen molar-refractivity contribution < 1.29 is 4.74 Å². The predicted octanol–water partition coefficient (Wildman–Crippen LogP) is 4.07. The van der Waals surface area contributed by atoms with E-state index in [0.717, 1.165) is 31.4 Å². The first-order valence-electron chi connectivity index (χ1n) is 6.68. The molecule has 96 valence electrons. The second kappa shape index (κ2) is 5.02. The minimum Gasteiger partial charge on any atom is -0.491 e. The van der Waals surface area contributed by atoms with Crippen LogP contribution in [0.4, 0.5) is 0 Å². The first kappa shape index (κ1) is 13.0. The Labute approximate surface area is 110 Å². The number of nitriles is 1. The molecule has 0 N–H and O–H groups in total. The molecule has 2 heteroatoms. The zero-order valence-electron chi connectivity index (χ0n) is 11.5. The van der Waals surface area contributed by atoms with Crippen molar-refractivity contribution >= 4 is 0 Å². The second-order valence-corrected chi connectivity index (χ2v) is 5.62. The highest BCUT2D eigenvalue weighted by Crippen LogP contribution is 2.38. The van der Waals surface area contributed by atoms with E-state index in [4.69, 9.17) is 4.74 Å². The summed E-state index contributed by atoms with van der Waals surface area (Å²) in [5.74, 6) is 0.960. The van der Waals surface area contributed by atoms with Crippen molar-refractivity contribution in [2.45, 2.75) is 46.5 Å². The Morgan fingerprint density at radius 1 is 1.17 bits per heavy atom. The number of aryl methyl sites for hydroxylation is 3. The molecule has 0 unspecified atom stereocenters. The van der Waals surface area contributed by atoms with Gasteiger partial charge in [0.25, 0.3) is 0 Å². The highest BCUT2D eigenvalue weighted by molar-refractivity contribution is 5.43. The van der Waals surface area contributed by atoms with Crippen molar-refractivity contribution in [1.82, 2.24) is 0 Å². The fraction of sp³-hybridized carbons (Fsp3) is 0.562. The summed E-state index contributed by atoms with van der Waals surface area (Å²) in [4.78, 5) is 0. The Morgan fingerprint density at radius 2 is 1.72 bits per heavy atom. The SMILES string of the molecule is Cc1cc(C)c(OCC2(C#N)CCCC2)c(C)c1. The number of rotatable bonds is 3. The molecule has 1 aromatic rings. The third-order valence-corrected chi connectivity index (χ3v) is 3.90. The van der Waals surface area contributed by atoms with Gasteiger partial charge in [-0.05, 0) is 44.7 Å². The van der Waals surface area contributed by atoms with Crippen molar-refractivity contribution in [3.05, 3.63) is 28.8 Å². The van der Waals surface area contributed by atoms with Gasteiger partial charge in [-0.1, -0.05) is 30.5 Å². The molecule has 0 aliphatic heterocycles. The Morgan fingerprint density at radius 3 is 2.22 bits per heavy atom. The third-order valence-electron chi connectivity index (χ3n) is 3.90. The van der Waals surface area contributed by atoms with E-state index < -0.39 is 0 Å². The summed E-state index contributed by atoms with van der Waals surface area (Å²) in [6.07, 6.45) is 4.27. The lowest BCUT2D eigenvalue weighted by molar-refractivity contribution is 0.199. The molecule has 18 heavy (non-hydrogen) atoms. The molecule has 0 amide bonds. The largest absolute Gasteiger partial charge is 0.491 e. The lowest BCUT2D eigenvalue weighted by Gasteiger charge is -2.22. The number of nitrogens with zero attached hydrogens (tertiary/aromatic N) is 1. The van der Waals surface area contributed by atoms with Crippen LogP contribution in [-0.2, 0) is 0 Å². The van der Waals surface area contributed by atoms with Crippen LogP contribution in [0.1, 0.15) is 42.4 Å². The zero-order chi connectivity index (χ0) is 13.2. The highest BCUT2D eigenvalue weighted by Gasteiger charge is 2.35. The molecule has 0 bridgehead atoms. The topological polar surface area (TPSA) is 33.0 Å². The maximum Gasteiger partial charge on any atom is 0.125 e. The lowest BCUT2D eigenvalue weighted by atomic mass is 9.89. The third kappa shape index (κ3) is 2.51. The van der Waals surface area contributed by atoms with Crippen LogP contribution in [0.5, 0.6) is 5.75 Å². The zero-order valence-corrected chi connectivity index (χ0v) is 11.5. The van der Waals surface area contributed by atoms with E-state index in [1.807, 2.05) is 0 Å². The van der Waals surface area contributed by atoms with Crippen LogP contribution in [0, 0.1) is 37.5 Å². The molecule has 0 spiro atoms. The molecule has 2 rings (SSSR count). The summed E-state index contributed by atoms with van der Waals surface area (Å²) in [6.45, 7) is 6.78. The summed E-state index contributed by atoms with van der Waals surface area (Å²) >= 11 is 0. The van der Waals surface area contributed by atoms with Gasteiger partial charge in [-0.3, -0.25) is 0 Å². The number of benzene rings is 1. The Kier molecular flexibility index (Phi) is 3.61. The van der Waals surface area contributed by atoms with Gasteiger partial charge in [-0.15, -0.1) is 0 Å². The van der Waals surface area contributed by atoms with Gasteiger partial charge in [0, 0.05) is 0 Å². The van der Waals surface area contributed by atoms with Crippen LogP contribution >= 0.6 is 0 Å². The van der Waals surface area contributed by atoms with Crippen molar-refractivity contribution in [3.63, 3.8) is 0 Å². The first-order valence-corrected chi connectivity index (χ1v) is 6.68. The Hall–Kier alpha value is -1.49. The van der Waals surface area contributed by atoms with Crippen molar-refractivity contribution in [2.24, 2.45) is 5.41 Å². The summed E-state index contributed by atoms with van der Waals surface area (Å²) in [6, 6.07) is 6.74. The fourth-order valence-electron chi connectivity index (χ4n) is 2.94. The van der Waals surface area contributed by atoms with Gasteiger partial charge in [0.05, 0.1) is 11.5 Å². The Bertz CT molecular complexity index is 455. The fourth-order valence-corrected chi connectivity index (χ4v) is 2.94. The molecule has 1 aliphatic rings. The quantitative estimate of drug-likeness (QED) is 0.801. The minimum atomic E-state index is -0.246. The molecule has 0 radical (unpaired) electrons. The van der Waals surface area contributed by atoms with Gasteiger partial charge in [0.2, 0.25) is 0 Å². The molecule has 0 atom stereocenters. The maximum atomic E-state index is 9.35. The summed E-state index contributed by atoms with van der Waals surface area (Å²) < 4.78 is 5.98. The van der Waals surface area contributed by atoms with Gasteiger partial charge < -0.3 is 4.74 Å². The van der Waals surface area contributed by atoms with Gasteiger partial charge in [-0.25, -0.2) is 0 Å². The molecule has 1 aliphatic carbocycles. The summed E-state index contributed by atoms with van der Waals surface area (Å²) in [5.41, 5.74) is 3.34. The predicted molar refractivity (Wildman–Crippen MR) is 72.7 cm³/mol. The van der Waals surface area contributed by atoms with E-state index >= 15 is 0 Å². The van der Waals surface area contributed by atoms with Crippen LogP contribution in [-0.4, -0.2) is 6.61 Å². The average molecular weight is 243 g/mol. The van der Waals surface area contributed by atoms with Crippen molar-refractivity contribution in [3.8, 4) is 11.8 Å². The molecule has 0 heterocycles. The monoisotopic (exact) mass is 243 g/mol. The van der Waals surface area contributed by atoms with E-state index in [1.54, 1.807) is 0 Å². The van der Waals surface area contributed by atoms with Crippen LogP contribution in [0.3, 0.4) is 0 Å². The normalized spacial score (nSPS) is 17.4. The van der Waals surface area contributed by atoms with E-state index in [-0.39, 0.29) is 5.41 Å². The van der Waals surface area contributed by atoms with E-state index in [2.05, 4.69) is 39.0 Å². The van der Waals surface area contributed by atoms with Gasteiger partial charge in [0.1, 0.15) is 12.4 Å². The smallest absolute Gasteiger partial charge is 0.125 e. The van der Waals surface area contributed by atoms with Crippen LogP contribution in [0.2, 0.25) is 0 Å². The minimum absolute atomic E-state index is 0.246. The molecule has 1 fully saturated rings. The first-order chi connectivity index (χ1) is 8.56. The molecular formula is C16H21NO. The molecular weight excluding hydrogens is 222 g/mol. The standard InChI is InChI=1S/C16H21NO/c1-12-8-13(2)15(14(3)9-12)18-11-16(10-17)6-4-5-7-16/h8-9H,4-7,11H2,1-3H3. The molecule has 2 nitrogen and oxygen atoms in total. The van der Waals surface area contributed by atoms with E-state index in [0.29, 0.717) is 6.61 Å². The second-order valence-electron chi connectivity index (χ2n) is 5.62. The van der Waals surface area contributed by atoms with Gasteiger partial charge >= 0.3 is 0 Å². The van der Waals surface area contributed by atoms with Crippen molar-refractivity contribution in [1.29, 1.82) is 5.26 Å². The number of hydrogen-bond donors (Lipinski definition) is 0. The van der Waals surface area contributed by atoms with Gasteiger partial charge in [0.15, 0.2) is 0 Å². The van der Waals surface area contributed by atoms with E-state index in [1.165, 1.54) is 16.7 Å². The van der Waals surface area contributed by atoms with Crippen LogP contribution in [0.25, 0.3) is 0 Å². The molecule has 0 saturated heterocycles. The lowest BCUT2D eigenvalue weighted by Crippen LogP contribution is -2.23. The number of ether oxygens (including phenoxy) is 1.